The molecule has 0 aromatic carbocycles. The van der Waals surface area contributed by atoms with Gasteiger partial charge in [-0.2, -0.15) is 0 Å². The fourth-order valence-corrected chi connectivity index (χ4v) is 2.14. The Balaban J connectivity index is 2.80. The zero-order chi connectivity index (χ0) is 12.8. The van der Waals surface area contributed by atoms with Crippen LogP contribution in [0.2, 0.25) is 0 Å². The van der Waals surface area contributed by atoms with Crippen LogP contribution in [-0.2, 0) is 6.54 Å². The van der Waals surface area contributed by atoms with Crippen molar-refractivity contribution in [3.05, 3.63) is 22.4 Å². The normalized spacial score (nSPS) is 12.5. The van der Waals surface area contributed by atoms with E-state index in [2.05, 4.69) is 28.2 Å². The Morgan fingerprint density at radius 1 is 1.59 bits per heavy atom. The maximum absolute atomic E-state index is 12.1. The number of carbonyl (C=O) groups is 1. The van der Waals surface area contributed by atoms with Gasteiger partial charge in [0.15, 0.2) is 0 Å². The van der Waals surface area contributed by atoms with Crippen LogP contribution in [0.5, 0.6) is 0 Å². The minimum absolute atomic E-state index is 0.0475. The first-order valence-electron chi connectivity index (χ1n) is 5.98. The van der Waals surface area contributed by atoms with E-state index in [1.54, 1.807) is 0 Å². The van der Waals surface area contributed by atoms with Crippen molar-refractivity contribution < 1.29 is 4.79 Å². The summed E-state index contributed by atoms with van der Waals surface area (Å²) < 4.78 is 2.89. The molecule has 1 unspecified atom stereocenters. The number of nitrogens with two attached hydrogens (primary N) is 1. The van der Waals surface area contributed by atoms with Gasteiger partial charge in [0, 0.05) is 29.8 Å². The molecule has 1 amide bonds. The molecule has 0 bridgehead atoms. The van der Waals surface area contributed by atoms with Crippen molar-refractivity contribution in [1.82, 2.24) is 9.88 Å². The molecule has 1 atom stereocenters. The second kappa shape index (κ2) is 6.81. The molecule has 0 spiro atoms. The fourth-order valence-electron chi connectivity index (χ4n) is 1.68. The highest BCUT2D eigenvalue weighted by atomic mass is 79.9. The van der Waals surface area contributed by atoms with Crippen LogP contribution in [0, 0.1) is 0 Å². The van der Waals surface area contributed by atoms with E-state index >= 15 is 0 Å². The number of halogens is 1. The molecule has 0 fully saturated rings. The van der Waals surface area contributed by atoms with Gasteiger partial charge < -0.3 is 15.6 Å². The zero-order valence-corrected chi connectivity index (χ0v) is 12.0. The molecule has 5 heteroatoms. The lowest BCUT2D eigenvalue weighted by atomic mass is 10.2. The van der Waals surface area contributed by atoms with Gasteiger partial charge in [-0.25, -0.2) is 0 Å². The van der Waals surface area contributed by atoms with Crippen molar-refractivity contribution in [2.45, 2.75) is 39.3 Å². The van der Waals surface area contributed by atoms with Crippen molar-refractivity contribution >= 4 is 21.8 Å². The van der Waals surface area contributed by atoms with Gasteiger partial charge in [0.1, 0.15) is 5.69 Å². The molecule has 4 nitrogen and oxygen atoms in total. The number of aryl methyl sites for hydroxylation is 1. The summed E-state index contributed by atoms with van der Waals surface area (Å²) in [6.45, 7) is 5.41. The Kier molecular flexibility index (Phi) is 5.71. The molecule has 0 aliphatic heterocycles. The molecule has 17 heavy (non-hydrogen) atoms. The van der Waals surface area contributed by atoms with E-state index in [1.807, 2.05) is 23.8 Å². The second-order valence-corrected chi connectivity index (χ2v) is 4.97. The van der Waals surface area contributed by atoms with Crippen LogP contribution >= 0.6 is 15.9 Å². The summed E-state index contributed by atoms with van der Waals surface area (Å²) in [6.07, 6.45) is 3.77. The first-order chi connectivity index (χ1) is 8.12. The van der Waals surface area contributed by atoms with Crippen LogP contribution in [0.15, 0.2) is 16.7 Å². The maximum atomic E-state index is 12.1. The van der Waals surface area contributed by atoms with Gasteiger partial charge in [-0.1, -0.05) is 13.8 Å². The monoisotopic (exact) mass is 301 g/mol. The van der Waals surface area contributed by atoms with Crippen molar-refractivity contribution in [3.63, 3.8) is 0 Å². The maximum Gasteiger partial charge on any atom is 0.268 e. The predicted molar refractivity (Wildman–Crippen MR) is 73.0 cm³/mol. The average molecular weight is 302 g/mol. The SMILES string of the molecule is CCCn1cc(Br)cc1C(=O)NC(CC)CN. The van der Waals surface area contributed by atoms with E-state index in [1.165, 1.54) is 0 Å². The standard InChI is InChI=1S/C12H20BrN3O/c1-3-5-16-8-9(13)6-11(16)12(17)15-10(4-2)7-14/h6,8,10H,3-5,7,14H2,1-2H3,(H,15,17). The highest BCUT2D eigenvalue weighted by Crippen LogP contribution is 2.15. The van der Waals surface area contributed by atoms with Gasteiger partial charge in [-0.05, 0) is 34.8 Å². The van der Waals surface area contributed by atoms with Crippen LogP contribution in [0.25, 0.3) is 0 Å². The minimum atomic E-state index is -0.0542. The lowest BCUT2D eigenvalue weighted by Gasteiger charge is -2.15. The van der Waals surface area contributed by atoms with E-state index in [-0.39, 0.29) is 11.9 Å². The molecule has 0 saturated heterocycles. The molecule has 0 aliphatic carbocycles. The van der Waals surface area contributed by atoms with Crippen molar-refractivity contribution in [2.75, 3.05) is 6.54 Å². The molecule has 0 aliphatic rings. The highest BCUT2D eigenvalue weighted by Gasteiger charge is 2.15. The molecule has 0 saturated carbocycles. The summed E-state index contributed by atoms with van der Waals surface area (Å²) in [6, 6.07) is 1.89. The van der Waals surface area contributed by atoms with Crippen LogP contribution in [0.4, 0.5) is 0 Å². The van der Waals surface area contributed by atoms with E-state index in [9.17, 15) is 4.79 Å². The highest BCUT2D eigenvalue weighted by molar-refractivity contribution is 9.10. The zero-order valence-electron chi connectivity index (χ0n) is 10.4. The third-order valence-corrected chi connectivity index (χ3v) is 3.11. The number of hydrogen-bond donors (Lipinski definition) is 2. The van der Waals surface area contributed by atoms with Crippen molar-refractivity contribution in [3.8, 4) is 0 Å². The molecule has 1 aromatic rings. The van der Waals surface area contributed by atoms with Crippen molar-refractivity contribution in [1.29, 1.82) is 0 Å². The summed E-state index contributed by atoms with van der Waals surface area (Å²) in [5.41, 5.74) is 6.27. The first-order valence-corrected chi connectivity index (χ1v) is 6.78. The lowest BCUT2D eigenvalue weighted by molar-refractivity contribution is 0.0927. The number of aromatic nitrogens is 1. The quantitative estimate of drug-likeness (QED) is 0.845. The number of carbonyl (C=O) groups excluding carboxylic acids is 1. The number of amides is 1. The topological polar surface area (TPSA) is 60.0 Å². The summed E-state index contributed by atoms with van der Waals surface area (Å²) in [4.78, 5) is 12.1. The van der Waals surface area contributed by atoms with Crippen molar-refractivity contribution in [2.24, 2.45) is 5.73 Å². The number of nitrogens with one attached hydrogen (secondary N) is 1. The molecule has 1 aromatic heterocycles. The summed E-state index contributed by atoms with van der Waals surface area (Å²) in [5.74, 6) is -0.0542. The Morgan fingerprint density at radius 3 is 2.82 bits per heavy atom. The Bertz CT molecular complexity index is 372. The Labute approximate surface area is 111 Å². The lowest BCUT2D eigenvalue weighted by Crippen LogP contribution is -2.40. The molecule has 3 N–H and O–H groups in total. The fraction of sp³-hybridized carbons (Fsp3) is 0.583. The van der Waals surface area contributed by atoms with Gasteiger partial charge >= 0.3 is 0 Å². The van der Waals surface area contributed by atoms with Gasteiger partial charge in [0.25, 0.3) is 5.91 Å². The Morgan fingerprint density at radius 2 is 2.29 bits per heavy atom. The van der Waals surface area contributed by atoms with Crippen LogP contribution in [0.3, 0.4) is 0 Å². The van der Waals surface area contributed by atoms with Crippen LogP contribution < -0.4 is 11.1 Å². The smallest absolute Gasteiger partial charge is 0.268 e. The first kappa shape index (κ1) is 14.3. The van der Waals surface area contributed by atoms with E-state index in [0.717, 1.165) is 23.9 Å². The minimum Gasteiger partial charge on any atom is -0.347 e. The van der Waals surface area contributed by atoms with Gasteiger partial charge in [-0.3, -0.25) is 4.79 Å². The predicted octanol–water partition coefficient (Wildman–Crippen LogP) is 2.13. The molecular weight excluding hydrogens is 282 g/mol. The Hall–Kier alpha value is -0.810. The van der Waals surface area contributed by atoms with Crippen LogP contribution in [-0.4, -0.2) is 23.1 Å². The van der Waals surface area contributed by atoms with Gasteiger partial charge in [0.2, 0.25) is 0 Å². The second-order valence-electron chi connectivity index (χ2n) is 4.05. The van der Waals surface area contributed by atoms with Gasteiger partial charge in [-0.15, -0.1) is 0 Å². The van der Waals surface area contributed by atoms with Gasteiger partial charge in [0.05, 0.1) is 0 Å². The average Bonchev–Trinajstić information content (AvgIpc) is 2.67. The van der Waals surface area contributed by atoms with Crippen LogP contribution in [0.1, 0.15) is 37.2 Å². The largest absolute Gasteiger partial charge is 0.347 e. The molecule has 1 heterocycles. The summed E-state index contributed by atoms with van der Waals surface area (Å²) in [5, 5.41) is 2.94. The third-order valence-electron chi connectivity index (χ3n) is 2.67. The number of rotatable bonds is 6. The number of nitrogens with zero attached hydrogens (tertiary/aromatic N) is 1. The number of hydrogen-bond acceptors (Lipinski definition) is 2. The van der Waals surface area contributed by atoms with E-state index in [0.29, 0.717) is 12.2 Å². The summed E-state index contributed by atoms with van der Waals surface area (Å²) >= 11 is 3.40. The van der Waals surface area contributed by atoms with E-state index in [4.69, 9.17) is 5.73 Å². The molecule has 96 valence electrons. The molecule has 0 radical (unpaired) electrons. The molecular formula is C12H20BrN3O. The third kappa shape index (κ3) is 3.85. The summed E-state index contributed by atoms with van der Waals surface area (Å²) in [7, 11) is 0. The van der Waals surface area contributed by atoms with E-state index < -0.39 is 0 Å². The molecule has 1 rings (SSSR count).